The second-order valence-electron chi connectivity index (χ2n) is 5.97. The number of rotatable bonds is 1. The summed E-state index contributed by atoms with van der Waals surface area (Å²) in [6.45, 7) is 0. The third-order valence-electron chi connectivity index (χ3n) is 4.51. The van der Waals surface area contributed by atoms with Crippen LogP contribution in [0.3, 0.4) is 0 Å². The van der Waals surface area contributed by atoms with Crippen molar-refractivity contribution in [2.24, 2.45) is 0 Å². The van der Waals surface area contributed by atoms with Crippen molar-refractivity contribution < 1.29 is 0 Å². The van der Waals surface area contributed by atoms with Crippen LogP contribution in [-0.4, -0.2) is 4.98 Å². The lowest BCUT2D eigenvalue weighted by molar-refractivity contribution is 1.47. The lowest BCUT2D eigenvalue weighted by atomic mass is 9.96. The van der Waals surface area contributed by atoms with E-state index < -0.39 is 0 Å². The molecule has 5 rings (SSSR count). The van der Waals surface area contributed by atoms with Crippen LogP contribution in [-0.2, 0) is 0 Å². The maximum atomic E-state index is 9.24. The molecule has 0 bridgehead atoms. The molecule has 2 nitrogen and oxygen atoms in total. The van der Waals surface area contributed by atoms with E-state index in [2.05, 4.69) is 54.6 Å². The van der Waals surface area contributed by atoms with Gasteiger partial charge < -0.3 is 0 Å². The third-order valence-corrected chi connectivity index (χ3v) is 5.57. The molecule has 2 aromatic heterocycles. The third kappa shape index (κ3) is 2.12. The average Bonchev–Trinajstić information content (AvgIpc) is 3.04. The molecule has 3 heteroatoms. The fourth-order valence-electron chi connectivity index (χ4n) is 3.41. The molecule has 2 heterocycles. The van der Waals surface area contributed by atoms with Crippen LogP contribution in [0.1, 0.15) is 5.56 Å². The Balaban J connectivity index is 2.05. The van der Waals surface area contributed by atoms with Crippen molar-refractivity contribution in [3.8, 4) is 17.2 Å². The lowest BCUT2D eigenvalue weighted by Gasteiger charge is -2.09. The van der Waals surface area contributed by atoms with E-state index in [1.165, 1.54) is 26.6 Å². The molecular weight excluding hydrogens is 324 g/mol. The van der Waals surface area contributed by atoms with Gasteiger partial charge in [0.2, 0.25) is 0 Å². The molecular formula is C22H12N2S. The molecule has 0 fully saturated rings. The van der Waals surface area contributed by atoms with Crippen LogP contribution in [0.25, 0.3) is 42.3 Å². The van der Waals surface area contributed by atoms with E-state index in [1.807, 2.05) is 24.3 Å². The van der Waals surface area contributed by atoms with Crippen molar-refractivity contribution in [3.63, 3.8) is 0 Å². The normalized spacial score (nSPS) is 11.2. The molecule has 0 saturated heterocycles. The first kappa shape index (κ1) is 14.2. The average molecular weight is 336 g/mol. The fraction of sp³-hybridized carbons (Fsp3) is 0. The molecule has 0 unspecified atom stereocenters. The van der Waals surface area contributed by atoms with Gasteiger partial charge in [0.25, 0.3) is 0 Å². The predicted molar refractivity (Wildman–Crippen MR) is 105 cm³/mol. The maximum Gasteiger partial charge on any atom is 0.125 e. The molecule has 0 amide bonds. The molecule has 0 radical (unpaired) electrons. The van der Waals surface area contributed by atoms with E-state index in [9.17, 15) is 5.26 Å². The van der Waals surface area contributed by atoms with Gasteiger partial charge in [0.1, 0.15) is 4.83 Å². The minimum absolute atomic E-state index is 0.638. The zero-order valence-electron chi connectivity index (χ0n) is 13.2. The summed E-state index contributed by atoms with van der Waals surface area (Å²) in [5, 5.41) is 12.8. The molecule has 0 atom stereocenters. The smallest absolute Gasteiger partial charge is 0.125 e. The second kappa shape index (κ2) is 5.41. The number of fused-ring (bicyclic) bond motifs is 4. The van der Waals surface area contributed by atoms with E-state index in [4.69, 9.17) is 4.98 Å². The van der Waals surface area contributed by atoms with Crippen LogP contribution in [0.2, 0.25) is 0 Å². The minimum atomic E-state index is 0.638. The van der Waals surface area contributed by atoms with Gasteiger partial charge in [0.15, 0.2) is 0 Å². The van der Waals surface area contributed by atoms with Gasteiger partial charge in [-0.1, -0.05) is 54.6 Å². The quantitative estimate of drug-likeness (QED) is 0.368. The molecule has 3 aromatic carbocycles. The number of nitrogens with zero attached hydrogens (tertiary/aromatic N) is 2. The monoisotopic (exact) mass is 336 g/mol. The number of aromatic nitrogens is 1. The number of thiophene rings is 1. The predicted octanol–water partition coefficient (Wildman–Crippen LogP) is 6.14. The van der Waals surface area contributed by atoms with Gasteiger partial charge in [0.05, 0.1) is 17.1 Å². The number of hydrogen-bond acceptors (Lipinski definition) is 3. The molecule has 0 aliphatic rings. The van der Waals surface area contributed by atoms with Gasteiger partial charge in [-0.05, 0) is 23.8 Å². The van der Waals surface area contributed by atoms with Crippen LogP contribution in [0, 0.1) is 11.3 Å². The van der Waals surface area contributed by atoms with Gasteiger partial charge in [-0.15, -0.1) is 11.3 Å². The van der Waals surface area contributed by atoms with Crippen molar-refractivity contribution in [1.82, 2.24) is 4.98 Å². The highest BCUT2D eigenvalue weighted by Gasteiger charge is 2.16. The fourth-order valence-corrected chi connectivity index (χ4v) is 4.50. The first-order valence-electron chi connectivity index (χ1n) is 8.06. The van der Waals surface area contributed by atoms with Gasteiger partial charge in [-0.25, -0.2) is 4.98 Å². The Kier molecular flexibility index (Phi) is 3.06. The lowest BCUT2D eigenvalue weighted by Crippen LogP contribution is -1.88. The molecule has 0 aliphatic carbocycles. The Hall–Kier alpha value is -3.22. The van der Waals surface area contributed by atoms with Gasteiger partial charge in [-0.2, -0.15) is 5.26 Å². The standard InChI is InChI=1S/C22H12N2S/c23-13-14-10-11-16-18(12-14)24-22-21(17-8-4-5-9-19(17)25-22)20(16)15-6-2-1-3-7-15/h1-12H. The van der Waals surface area contributed by atoms with Crippen LogP contribution >= 0.6 is 11.3 Å². The summed E-state index contributed by atoms with van der Waals surface area (Å²) in [6.07, 6.45) is 0. The van der Waals surface area contributed by atoms with E-state index in [0.717, 1.165) is 15.7 Å². The molecule has 25 heavy (non-hydrogen) atoms. The summed E-state index contributed by atoms with van der Waals surface area (Å²) < 4.78 is 1.23. The van der Waals surface area contributed by atoms with Gasteiger partial charge >= 0.3 is 0 Å². The molecule has 5 aromatic rings. The first-order chi connectivity index (χ1) is 12.3. The Morgan fingerprint density at radius 2 is 1.64 bits per heavy atom. The maximum absolute atomic E-state index is 9.24. The Labute approximate surface area is 148 Å². The summed E-state index contributed by atoms with van der Waals surface area (Å²) in [5.41, 5.74) is 3.88. The van der Waals surface area contributed by atoms with Gasteiger partial charge in [0, 0.05) is 26.4 Å². The van der Waals surface area contributed by atoms with E-state index in [-0.39, 0.29) is 0 Å². The van der Waals surface area contributed by atoms with Crippen LogP contribution in [0.5, 0.6) is 0 Å². The van der Waals surface area contributed by atoms with Crippen molar-refractivity contribution in [3.05, 3.63) is 78.4 Å². The zero-order valence-corrected chi connectivity index (χ0v) is 14.0. The van der Waals surface area contributed by atoms with Crippen molar-refractivity contribution in [2.45, 2.75) is 0 Å². The molecule has 0 saturated carbocycles. The molecule has 0 spiro atoms. The number of benzene rings is 3. The zero-order chi connectivity index (χ0) is 16.8. The Bertz CT molecular complexity index is 1290. The summed E-state index contributed by atoms with van der Waals surface area (Å²) in [4.78, 5) is 5.89. The topological polar surface area (TPSA) is 36.7 Å². The largest absolute Gasteiger partial charge is 0.237 e. The minimum Gasteiger partial charge on any atom is -0.237 e. The number of nitriles is 1. The van der Waals surface area contributed by atoms with Crippen molar-refractivity contribution in [2.75, 3.05) is 0 Å². The van der Waals surface area contributed by atoms with E-state index >= 15 is 0 Å². The van der Waals surface area contributed by atoms with Crippen LogP contribution < -0.4 is 0 Å². The SMILES string of the molecule is N#Cc1ccc2c(-c3ccccc3)c3c(nc2c1)sc1ccccc13. The highest BCUT2D eigenvalue weighted by Crippen LogP contribution is 2.42. The highest BCUT2D eigenvalue weighted by atomic mass is 32.1. The molecule has 116 valence electrons. The van der Waals surface area contributed by atoms with E-state index in [1.54, 1.807) is 11.3 Å². The first-order valence-corrected chi connectivity index (χ1v) is 8.87. The summed E-state index contributed by atoms with van der Waals surface area (Å²) >= 11 is 1.70. The van der Waals surface area contributed by atoms with Crippen molar-refractivity contribution >= 4 is 42.5 Å². The van der Waals surface area contributed by atoms with E-state index in [0.29, 0.717) is 5.56 Å². The summed E-state index contributed by atoms with van der Waals surface area (Å²) in [5.74, 6) is 0. The number of hydrogen-bond donors (Lipinski definition) is 0. The van der Waals surface area contributed by atoms with Crippen molar-refractivity contribution in [1.29, 1.82) is 5.26 Å². The van der Waals surface area contributed by atoms with Gasteiger partial charge in [-0.3, -0.25) is 0 Å². The Morgan fingerprint density at radius 3 is 2.48 bits per heavy atom. The summed E-state index contributed by atoms with van der Waals surface area (Å²) in [7, 11) is 0. The molecule has 0 aliphatic heterocycles. The number of pyridine rings is 1. The second-order valence-corrected chi connectivity index (χ2v) is 7.01. The van der Waals surface area contributed by atoms with Crippen LogP contribution in [0.15, 0.2) is 72.8 Å². The highest BCUT2D eigenvalue weighted by molar-refractivity contribution is 7.25. The van der Waals surface area contributed by atoms with Crippen LogP contribution in [0.4, 0.5) is 0 Å². The molecule has 0 N–H and O–H groups in total. The Morgan fingerprint density at radius 1 is 0.840 bits per heavy atom. The summed E-state index contributed by atoms with van der Waals surface area (Å²) in [6, 6.07) is 26.9.